The monoisotopic (exact) mass is 393 g/mol. The van der Waals surface area contributed by atoms with Crippen molar-refractivity contribution in [1.29, 1.82) is 0 Å². The van der Waals surface area contributed by atoms with Gasteiger partial charge in [0.2, 0.25) is 5.91 Å². The summed E-state index contributed by atoms with van der Waals surface area (Å²) in [6.07, 6.45) is 8.88. The van der Waals surface area contributed by atoms with Crippen LogP contribution >= 0.6 is 11.3 Å². The maximum absolute atomic E-state index is 12.4. The van der Waals surface area contributed by atoms with Crippen molar-refractivity contribution in [3.8, 4) is 0 Å². The molecule has 1 heterocycles. The van der Waals surface area contributed by atoms with Gasteiger partial charge in [0.15, 0.2) is 0 Å². The predicted molar refractivity (Wildman–Crippen MR) is 113 cm³/mol. The average molecular weight is 394 g/mol. The molecule has 1 aliphatic carbocycles. The van der Waals surface area contributed by atoms with Gasteiger partial charge in [0.05, 0.1) is 12.7 Å². The highest BCUT2D eigenvalue weighted by atomic mass is 32.1. The number of anilines is 1. The minimum atomic E-state index is -0.331. The number of esters is 1. The molecule has 5 heteroatoms. The number of unbranched alkanes of at least 4 members (excludes halogenated alkanes) is 3. The zero-order valence-corrected chi connectivity index (χ0v) is 18.4. The van der Waals surface area contributed by atoms with E-state index in [1.54, 1.807) is 11.3 Å². The second kappa shape index (κ2) is 9.72. The topological polar surface area (TPSA) is 55.4 Å². The first-order valence-electron chi connectivity index (χ1n) is 10.4. The molecule has 1 atom stereocenters. The molecule has 2 rings (SSSR count). The van der Waals surface area contributed by atoms with Gasteiger partial charge in [-0.15, -0.1) is 11.3 Å². The number of ether oxygens (including phenoxy) is 1. The molecule has 1 aromatic rings. The maximum atomic E-state index is 12.4. The lowest BCUT2D eigenvalue weighted by Crippen LogP contribution is -2.28. The first-order valence-corrected chi connectivity index (χ1v) is 11.2. The Morgan fingerprint density at radius 2 is 1.96 bits per heavy atom. The number of thiophene rings is 1. The van der Waals surface area contributed by atoms with Crippen LogP contribution < -0.4 is 5.32 Å². The van der Waals surface area contributed by atoms with Gasteiger partial charge in [-0.25, -0.2) is 4.79 Å². The van der Waals surface area contributed by atoms with Crippen LogP contribution in [0.1, 0.15) is 93.4 Å². The summed E-state index contributed by atoms with van der Waals surface area (Å²) in [4.78, 5) is 26.0. The van der Waals surface area contributed by atoms with Crippen molar-refractivity contribution in [2.75, 3.05) is 12.4 Å². The number of hydrogen-bond acceptors (Lipinski definition) is 4. The van der Waals surface area contributed by atoms with Gasteiger partial charge < -0.3 is 10.1 Å². The average Bonchev–Trinajstić information content (AvgIpc) is 3.01. The van der Waals surface area contributed by atoms with Crippen molar-refractivity contribution < 1.29 is 14.3 Å². The molecule has 1 unspecified atom stereocenters. The van der Waals surface area contributed by atoms with Crippen LogP contribution in [0.25, 0.3) is 0 Å². The third kappa shape index (κ3) is 5.34. The number of methoxy groups -OCH3 is 1. The number of amides is 1. The summed E-state index contributed by atoms with van der Waals surface area (Å²) in [6.45, 7) is 9.06. The van der Waals surface area contributed by atoms with Crippen molar-refractivity contribution in [2.45, 2.75) is 85.5 Å². The van der Waals surface area contributed by atoms with E-state index in [1.807, 2.05) is 0 Å². The van der Waals surface area contributed by atoms with Crippen molar-refractivity contribution in [2.24, 2.45) is 11.3 Å². The smallest absolute Gasteiger partial charge is 0.341 e. The van der Waals surface area contributed by atoms with Crippen LogP contribution in [0.3, 0.4) is 0 Å². The summed E-state index contributed by atoms with van der Waals surface area (Å²) < 4.78 is 5.03. The minimum absolute atomic E-state index is 0.000270. The van der Waals surface area contributed by atoms with Crippen LogP contribution in [0.5, 0.6) is 0 Å². The highest BCUT2D eigenvalue weighted by Gasteiger charge is 2.35. The maximum Gasteiger partial charge on any atom is 0.341 e. The summed E-state index contributed by atoms with van der Waals surface area (Å²) in [5.74, 6) is 0.277. The fourth-order valence-electron chi connectivity index (χ4n) is 3.85. The number of hydrogen-bond donors (Lipinski definition) is 1. The Morgan fingerprint density at radius 1 is 1.22 bits per heavy atom. The molecule has 27 heavy (non-hydrogen) atoms. The van der Waals surface area contributed by atoms with E-state index in [9.17, 15) is 9.59 Å². The quantitative estimate of drug-likeness (QED) is 0.414. The normalized spacial score (nSPS) is 16.7. The van der Waals surface area contributed by atoms with Gasteiger partial charge >= 0.3 is 5.97 Å². The Labute approximate surface area is 168 Å². The van der Waals surface area contributed by atoms with E-state index in [2.05, 4.69) is 33.0 Å². The summed E-state index contributed by atoms with van der Waals surface area (Å²) in [5, 5.41) is 3.69. The molecule has 152 valence electrons. The zero-order valence-electron chi connectivity index (χ0n) is 17.6. The molecular formula is C22H35NO3S. The second-order valence-corrected chi connectivity index (χ2v) is 9.45. The molecule has 1 N–H and O–H groups in total. The summed E-state index contributed by atoms with van der Waals surface area (Å²) in [5.41, 5.74) is 1.97. The van der Waals surface area contributed by atoms with E-state index in [-0.39, 0.29) is 17.3 Å². The van der Waals surface area contributed by atoms with E-state index in [4.69, 9.17) is 4.74 Å². The first kappa shape index (κ1) is 21.9. The van der Waals surface area contributed by atoms with E-state index >= 15 is 0 Å². The number of rotatable bonds is 9. The van der Waals surface area contributed by atoms with Gasteiger partial charge in [0, 0.05) is 11.3 Å². The Bertz CT molecular complexity index is 663. The van der Waals surface area contributed by atoms with Crippen LogP contribution in [0.4, 0.5) is 5.00 Å². The fraction of sp³-hybridized carbons (Fsp3) is 0.727. The zero-order chi connectivity index (χ0) is 20.0. The van der Waals surface area contributed by atoms with E-state index in [1.165, 1.54) is 12.0 Å². The molecule has 0 aliphatic heterocycles. The lowest BCUT2D eigenvalue weighted by atomic mass is 9.69. The van der Waals surface area contributed by atoms with Crippen molar-refractivity contribution in [3.63, 3.8) is 0 Å². The van der Waals surface area contributed by atoms with Gasteiger partial charge in [-0.1, -0.05) is 53.4 Å². The van der Waals surface area contributed by atoms with Crippen molar-refractivity contribution in [3.05, 3.63) is 16.0 Å². The Balaban J connectivity index is 2.18. The minimum Gasteiger partial charge on any atom is -0.465 e. The molecule has 1 aliphatic rings. The molecule has 4 nitrogen and oxygen atoms in total. The van der Waals surface area contributed by atoms with Crippen molar-refractivity contribution in [1.82, 2.24) is 0 Å². The molecule has 0 radical (unpaired) electrons. The fourth-order valence-corrected chi connectivity index (χ4v) is 5.18. The molecule has 0 bridgehead atoms. The molecule has 1 amide bonds. The highest BCUT2D eigenvalue weighted by Crippen LogP contribution is 2.45. The number of nitrogens with one attached hydrogen (secondary N) is 1. The van der Waals surface area contributed by atoms with Crippen LogP contribution in [0.2, 0.25) is 0 Å². The predicted octanol–water partition coefficient (Wildman–Crippen LogP) is 5.98. The Hall–Kier alpha value is -1.36. The first-order chi connectivity index (χ1) is 12.8. The van der Waals surface area contributed by atoms with Crippen molar-refractivity contribution >= 4 is 28.2 Å². The van der Waals surface area contributed by atoms with E-state index < -0.39 is 0 Å². The Morgan fingerprint density at radius 3 is 2.59 bits per heavy atom. The SMILES string of the molecule is CCCCCCC(=O)Nc1sc2c(c1C(=O)OC)CCC(C(C)(C)CC)C2. The summed E-state index contributed by atoms with van der Waals surface area (Å²) in [7, 11) is 1.41. The Kier molecular flexibility index (Phi) is 7.90. The number of carbonyl (C=O) groups is 2. The standard InChI is InChI=1S/C22H35NO3S/c1-6-8-9-10-11-18(24)23-20-19(21(25)26-5)16-13-12-15(14-17(16)27-20)22(3,4)7-2/h15H,6-14H2,1-5H3,(H,23,24). The summed E-state index contributed by atoms with van der Waals surface area (Å²) >= 11 is 1.58. The third-order valence-electron chi connectivity index (χ3n) is 6.18. The molecule has 0 fully saturated rings. The summed E-state index contributed by atoms with van der Waals surface area (Å²) in [6, 6.07) is 0. The largest absolute Gasteiger partial charge is 0.465 e. The third-order valence-corrected chi connectivity index (χ3v) is 7.35. The second-order valence-electron chi connectivity index (χ2n) is 8.34. The van der Waals surface area contributed by atoms with Gasteiger partial charge in [-0.3, -0.25) is 4.79 Å². The lowest BCUT2D eigenvalue weighted by Gasteiger charge is -2.36. The van der Waals surface area contributed by atoms with Crippen LogP contribution in [0.15, 0.2) is 0 Å². The molecule has 0 aromatic carbocycles. The van der Waals surface area contributed by atoms with Gasteiger partial charge in [-0.2, -0.15) is 0 Å². The van der Waals surface area contributed by atoms with Gasteiger partial charge in [0.1, 0.15) is 5.00 Å². The van der Waals surface area contributed by atoms with E-state index in [0.717, 1.165) is 56.9 Å². The van der Waals surface area contributed by atoms with E-state index in [0.29, 0.717) is 22.9 Å². The molecule has 0 spiro atoms. The molecular weight excluding hydrogens is 358 g/mol. The number of carbonyl (C=O) groups excluding carboxylic acids is 2. The van der Waals surface area contributed by atoms with Gasteiger partial charge in [0.25, 0.3) is 0 Å². The number of fused-ring (bicyclic) bond motifs is 1. The van der Waals surface area contributed by atoms with Crippen LogP contribution in [-0.2, 0) is 22.4 Å². The van der Waals surface area contributed by atoms with Crippen LogP contribution in [-0.4, -0.2) is 19.0 Å². The molecule has 0 saturated carbocycles. The highest BCUT2D eigenvalue weighted by molar-refractivity contribution is 7.17. The molecule has 1 aromatic heterocycles. The van der Waals surface area contributed by atoms with Crippen LogP contribution in [0, 0.1) is 11.3 Å². The lowest BCUT2D eigenvalue weighted by molar-refractivity contribution is -0.116. The molecule has 0 saturated heterocycles. The van der Waals surface area contributed by atoms with Gasteiger partial charge in [-0.05, 0) is 42.6 Å².